The number of carboxylic acid groups (broad SMARTS) is 1. The largest absolute Gasteiger partial charge is 0.483 e. The van der Waals surface area contributed by atoms with E-state index in [-0.39, 0.29) is 11.9 Å². The molecule has 0 aliphatic rings. The number of H-pyrrole nitrogens is 1. The van der Waals surface area contributed by atoms with Crippen LogP contribution < -0.4 is 4.74 Å². The van der Waals surface area contributed by atoms with E-state index in [1.165, 1.54) is 6.07 Å². The van der Waals surface area contributed by atoms with Crippen LogP contribution in [0.4, 0.5) is 0 Å². The van der Waals surface area contributed by atoms with E-state index in [9.17, 15) is 4.79 Å². The highest BCUT2D eigenvalue weighted by Gasteiger charge is 2.13. The Morgan fingerprint density at radius 3 is 2.74 bits per heavy atom. The lowest BCUT2D eigenvalue weighted by atomic mass is 10.2. The Hall–Kier alpha value is -3.09. The molecule has 1 atom stereocenters. The molecule has 0 spiro atoms. The molecule has 0 aliphatic heterocycles. The van der Waals surface area contributed by atoms with E-state index >= 15 is 0 Å². The van der Waals surface area contributed by atoms with Crippen LogP contribution in [0.1, 0.15) is 35.0 Å². The zero-order valence-corrected chi connectivity index (χ0v) is 12.6. The first kappa shape index (κ1) is 14.8. The fourth-order valence-electron chi connectivity index (χ4n) is 2.10. The molecule has 0 bridgehead atoms. The number of furan rings is 1. The third-order valence-electron chi connectivity index (χ3n) is 3.26. The molecule has 7 heteroatoms. The van der Waals surface area contributed by atoms with Crippen molar-refractivity contribution in [2.24, 2.45) is 0 Å². The van der Waals surface area contributed by atoms with Crippen LogP contribution in [0.3, 0.4) is 0 Å². The molecule has 3 rings (SSSR count). The highest BCUT2D eigenvalue weighted by Crippen LogP contribution is 2.24. The minimum atomic E-state index is -1.11. The van der Waals surface area contributed by atoms with Gasteiger partial charge in [0.15, 0.2) is 5.76 Å². The summed E-state index contributed by atoms with van der Waals surface area (Å²) in [5.74, 6) is -0.249. The van der Waals surface area contributed by atoms with Crippen LogP contribution >= 0.6 is 0 Å². The Balaban J connectivity index is 1.72. The quantitative estimate of drug-likeness (QED) is 0.750. The van der Waals surface area contributed by atoms with Crippen molar-refractivity contribution in [2.75, 3.05) is 0 Å². The number of nitrogens with zero attached hydrogens (tertiary/aromatic N) is 2. The zero-order chi connectivity index (χ0) is 16.4. The summed E-state index contributed by atoms with van der Waals surface area (Å²) >= 11 is 0. The number of rotatable bonds is 5. The van der Waals surface area contributed by atoms with Gasteiger partial charge in [0.05, 0.1) is 6.20 Å². The summed E-state index contributed by atoms with van der Waals surface area (Å²) in [5, 5.41) is 15.9. The number of aromatic carboxylic acids is 1. The van der Waals surface area contributed by atoms with E-state index in [2.05, 4.69) is 15.2 Å². The second kappa shape index (κ2) is 5.96. The molecule has 0 aliphatic carbocycles. The Kier molecular flexibility index (Phi) is 3.84. The predicted molar refractivity (Wildman–Crippen MR) is 81.3 cm³/mol. The number of nitrogens with one attached hydrogen (secondary N) is 1. The third-order valence-corrected chi connectivity index (χ3v) is 3.26. The van der Waals surface area contributed by atoms with Crippen molar-refractivity contribution in [1.82, 2.24) is 15.2 Å². The number of aryl methyl sites for hydroxylation is 1. The maximum Gasteiger partial charge on any atom is 0.371 e. The first-order valence-corrected chi connectivity index (χ1v) is 7.01. The average molecular weight is 313 g/mol. The fourth-order valence-corrected chi connectivity index (χ4v) is 2.10. The molecule has 23 heavy (non-hydrogen) atoms. The summed E-state index contributed by atoms with van der Waals surface area (Å²) < 4.78 is 11.0. The number of pyridine rings is 1. The van der Waals surface area contributed by atoms with Crippen LogP contribution in [0.25, 0.3) is 11.5 Å². The van der Waals surface area contributed by atoms with Gasteiger partial charge in [0.1, 0.15) is 23.2 Å². The number of carboxylic acids is 1. The summed E-state index contributed by atoms with van der Waals surface area (Å²) in [5.41, 5.74) is 2.31. The highest BCUT2D eigenvalue weighted by molar-refractivity contribution is 5.85. The van der Waals surface area contributed by atoms with Crippen molar-refractivity contribution in [3.63, 3.8) is 0 Å². The topological polar surface area (TPSA) is 101 Å². The van der Waals surface area contributed by atoms with Gasteiger partial charge in [0.2, 0.25) is 5.76 Å². The van der Waals surface area contributed by atoms with Gasteiger partial charge in [-0.25, -0.2) is 9.78 Å². The van der Waals surface area contributed by atoms with Gasteiger partial charge in [-0.2, -0.15) is 5.10 Å². The minimum absolute atomic E-state index is 0.121. The highest BCUT2D eigenvalue weighted by atomic mass is 16.5. The molecule has 0 fully saturated rings. The smallest absolute Gasteiger partial charge is 0.371 e. The van der Waals surface area contributed by atoms with Gasteiger partial charge in [-0.15, -0.1) is 0 Å². The molecule has 0 amide bonds. The maximum atomic E-state index is 10.8. The molecule has 1 unspecified atom stereocenters. The number of hydrogen-bond acceptors (Lipinski definition) is 5. The summed E-state index contributed by atoms with van der Waals surface area (Å²) in [4.78, 5) is 15.0. The Morgan fingerprint density at radius 2 is 2.17 bits per heavy atom. The maximum absolute atomic E-state index is 10.8. The molecule has 3 heterocycles. The molecule has 0 saturated heterocycles. The lowest BCUT2D eigenvalue weighted by Gasteiger charge is -2.12. The second-order valence-corrected chi connectivity index (χ2v) is 5.08. The molecule has 0 radical (unpaired) electrons. The fraction of sp³-hybridized carbons (Fsp3) is 0.188. The molecular weight excluding hydrogens is 298 g/mol. The van der Waals surface area contributed by atoms with Gasteiger partial charge in [-0.3, -0.25) is 5.10 Å². The van der Waals surface area contributed by atoms with Gasteiger partial charge in [-0.1, -0.05) is 0 Å². The van der Waals surface area contributed by atoms with Crippen molar-refractivity contribution >= 4 is 5.97 Å². The van der Waals surface area contributed by atoms with Crippen LogP contribution in [-0.4, -0.2) is 26.3 Å². The Morgan fingerprint density at radius 1 is 1.35 bits per heavy atom. The van der Waals surface area contributed by atoms with Crippen molar-refractivity contribution in [3.8, 4) is 17.2 Å². The molecular formula is C16H15N3O4. The van der Waals surface area contributed by atoms with Crippen LogP contribution in [0.15, 0.2) is 40.9 Å². The van der Waals surface area contributed by atoms with Crippen molar-refractivity contribution in [1.29, 1.82) is 0 Å². The number of ether oxygens (including phenoxy) is 1. The average Bonchev–Trinajstić information content (AvgIpc) is 3.17. The molecule has 3 aromatic heterocycles. The lowest BCUT2D eigenvalue weighted by Crippen LogP contribution is -2.03. The molecule has 2 N–H and O–H groups in total. The third kappa shape index (κ3) is 3.23. The molecule has 0 saturated carbocycles. The summed E-state index contributed by atoms with van der Waals surface area (Å²) in [6, 6.07) is 8.35. The number of hydrogen-bond donors (Lipinski definition) is 2. The number of aromatic amines is 1. The summed E-state index contributed by atoms with van der Waals surface area (Å²) in [6.45, 7) is 3.82. The first-order chi connectivity index (χ1) is 11.0. The molecule has 0 aromatic carbocycles. The monoisotopic (exact) mass is 313 g/mol. The van der Waals surface area contributed by atoms with E-state index < -0.39 is 5.97 Å². The van der Waals surface area contributed by atoms with Crippen LogP contribution in [0, 0.1) is 6.92 Å². The van der Waals surface area contributed by atoms with Gasteiger partial charge < -0.3 is 14.3 Å². The van der Waals surface area contributed by atoms with Crippen molar-refractivity contribution in [2.45, 2.75) is 20.0 Å². The normalized spacial score (nSPS) is 12.1. The molecule has 3 aromatic rings. The first-order valence-electron chi connectivity index (χ1n) is 7.01. The minimum Gasteiger partial charge on any atom is -0.483 e. The zero-order valence-electron chi connectivity index (χ0n) is 12.6. The van der Waals surface area contributed by atoms with Gasteiger partial charge in [0.25, 0.3) is 0 Å². The van der Waals surface area contributed by atoms with Crippen LogP contribution in [-0.2, 0) is 0 Å². The van der Waals surface area contributed by atoms with E-state index in [1.807, 2.05) is 19.9 Å². The van der Waals surface area contributed by atoms with E-state index in [0.29, 0.717) is 17.2 Å². The van der Waals surface area contributed by atoms with Gasteiger partial charge >= 0.3 is 5.97 Å². The predicted octanol–water partition coefficient (Wildman–Crippen LogP) is 3.21. The van der Waals surface area contributed by atoms with Crippen LogP contribution in [0.5, 0.6) is 5.75 Å². The molecule has 118 valence electrons. The molecule has 7 nitrogen and oxygen atoms in total. The number of carbonyl (C=O) groups is 1. The second-order valence-electron chi connectivity index (χ2n) is 5.08. The lowest BCUT2D eigenvalue weighted by molar-refractivity contribution is 0.0663. The summed E-state index contributed by atoms with van der Waals surface area (Å²) in [6.07, 6.45) is 1.35. The van der Waals surface area contributed by atoms with Gasteiger partial charge in [0, 0.05) is 5.69 Å². The van der Waals surface area contributed by atoms with Crippen LogP contribution in [0.2, 0.25) is 0 Å². The summed E-state index contributed by atoms with van der Waals surface area (Å²) in [7, 11) is 0. The van der Waals surface area contributed by atoms with Crippen molar-refractivity contribution in [3.05, 3.63) is 53.7 Å². The van der Waals surface area contributed by atoms with Crippen molar-refractivity contribution < 1.29 is 19.1 Å². The SMILES string of the molecule is Cc1cc(C(C)Oc2ccc(-c3ccc(C(=O)O)o3)nc2)n[nH]1. The van der Waals surface area contributed by atoms with E-state index in [4.69, 9.17) is 14.3 Å². The van der Waals surface area contributed by atoms with E-state index in [0.717, 1.165) is 11.4 Å². The number of aromatic nitrogens is 3. The Labute approximate surface area is 131 Å². The van der Waals surface area contributed by atoms with E-state index in [1.54, 1.807) is 24.4 Å². The standard InChI is InChI=1S/C16H15N3O4/c1-9-7-13(19-18-9)10(2)22-11-3-4-12(17-8-11)14-5-6-15(23-14)16(20)21/h3-8,10H,1-2H3,(H,18,19)(H,20,21). The Bertz CT molecular complexity index is 820. The van der Waals surface area contributed by atoms with Gasteiger partial charge in [-0.05, 0) is 44.2 Å².